The van der Waals surface area contributed by atoms with Crippen LogP contribution in [0.2, 0.25) is 0 Å². The van der Waals surface area contributed by atoms with Crippen LogP contribution in [0.5, 0.6) is 0 Å². The number of nitrogens with zero attached hydrogens (tertiary/aromatic N) is 1. The lowest BCUT2D eigenvalue weighted by Gasteiger charge is -2.37. The van der Waals surface area contributed by atoms with Crippen LogP contribution in [0.15, 0.2) is 24.3 Å². The second-order valence-corrected chi connectivity index (χ2v) is 4.43. The van der Waals surface area contributed by atoms with E-state index in [1.165, 1.54) is 0 Å². The highest BCUT2D eigenvalue weighted by Gasteiger charge is 2.28. The number of carbonyl (C=O) groups excluding carboxylic acids is 1. The van der Waals surface area contributed by atoms with Crippen molar-refractivity contribution in [3.8, 4) is 0 Å². The van der Waals surface area contributed by atoms with Gasteiger partial charge in [-0.25, -0.2) is 0 Å². The van der Waals surface area contributed by atoms with Gasteiger partial charge in [-0.15, -0.1) is 0 Å². The molecule has 1 fully saturated rings. The maximum Gasteiger partial charge on any atom is 0.254 e. The minimum atomic E-state index is -0.0314. The third-order valence-corrected chi connectivity index (χ3v) is 3.25. The molecule has 17 heavy (non-hydrogen) atoms. The van der Waals surface area contributed by atoms with E-state index in [2.05, 4.69) is 0 Å². The number of hydrogen-bond acceptors (Lipinski definition) is 3. The highest BCUT2D eigenvalue weighted by Crippen LogP contribution is 2.26. The summed E-state index contributed by atoms with van der Waals surface area (Å²) in [6, 6.07) is 7.28. The van der Waals surface area contributed by atoms with Gasteiger partial charge in [-0.1, -0.05) is 6.07 Å². The van der Waals surface area contributed by atoms with Crippen LogP contribution in [-0.4, -0.2) is 35.1 Å². The first-order chi connectivity index (χ1) is 8.22. The average molecular weight is 234 g/mol. The number of anilines is 1. The second kappa shape index (κ2) is 5.19. The molecule has 1 saturated carbocycles. The second-order valence-electron chi connectivity index (χ2n) is 4.43. The van der Waals surface area contributed by atoms with Crippen LogP contribution in [0.1, 0.15) is 29.6 Å². The van der Waals surface area contributed by atoms with E-state index in [9.17, 15) is 4.79 Å². The van der Waals surface area contributed by atoms with Gasteiger partial charge in [-0.3, -0.25) is 4.79 Å². The van der Waals surface area contributed by atoms with Gasteiger partial charge in [0.15, 0.2) is 0 Å². The quantitative estimate of drug-likeness (QED) is 0.771. The fourth-order valence-corrected chi connectivity index (χ4v) is 2.09. The molecule has 0 aromatic heterocycles. The molecule has 0 radical (unpaired) electrons. The summed E-state index contributed by atoms with van der Waals surface area (Å²) in [5.74, 6) is -0.0314. The van der Waals surface area contributed by atoms with Gasteiger partial charge in [0.25, 0.3) is 5.91 Å². The van der Waals surface area contributed by atoms with Crippen molar-refractivity contribution in [1.29, 1.82) is 0 Å². The fraction of sp³-hybridized carbons (Fsp3) is 0.462. The van der Waals surface area contributed by atoms with Crippen molar-refractivity contribution in [3.63, 3.8) is 0 Å². The normalized spacial score (nSPS) is 15.4. The number of rotatable bonds is 4. The fourth-order valence-electron chi connectivity index (χ4n) is 2.09. The van der Waals surface area contributed by atoms with Crippen molar-refractivity contribution in [2.45, 2.75) is 25.3 Å². The Balaban J connectivity index is 2.15. The molecule has 3 N–H and O–H groups in total. The molecule has 1 aromatic carbocycles. The van der Waals surface area contributed by atoms with Crippen LogP contribution >= 0.6 is 0 Å². The summed E-state index contributed by atoms with van der Waals surface area (Å²) in [7, 11) is 0. The number of amides is 1. The molecule has 0 spiro atoms. The molecule has 1 aliphatic rings. The van der Waals surface area contributed by atoms with E-state index in [1.807, 2.05) is 0 Å². The Kier molecular flexibility index (Phi) is 3.64. The summed E-state index contributed by atoms with van der Waals surface area (Å²) < 4.78 is 0. The van der Waals surface area contributed by atoms with Gasteiger partial charge in [0.1, 0.15) is 0 Å². The Morgan fingerprint density at radius 2 is 2.24 bits per heavy atom. The number of nitrogen functional groups attached to an aromatic ring is 1. The number of aliphatic hydroxyl groups excluding tert-OH is 1. The molecule has 4 heteroatoms. The maximum atomic E-state index is 12.3. The molecular formula is C13H18N2O2. The first-order valence-corrected chi connectivity index (χ1v) is 5.99. The van der Waals surface area contributed by atoms with Crippen molar-refractivity contribution in [1.82, 2.24) is 4.90 Å². The van der Waals surface area contributed by atoms with Crippen molar-refractivity contribution in [3.05, 3.63) is 29.8 Å². The molecule has 92 valence electrons. The van der Waals surface area contributed by atoms with Gasteiger partial charge in [0.2, 0.25) is 0 Å². The highest BCUT2D eigenvalue weighted by atomic mass is 16.3. The summed E-state index contributed by atoms with van der Waals surface area (Å²) in [4.78, 5) is 14.0. The molecule has 0 aliphatic heterocycles. The molecule has 1 amide bonds. The molecule has 0 bridgehead atoms. The predicted octanol–water partition coefficient (Wildman–Crippen LogP) is 1.26. The Labute approximate surface area is 101 Å². The van der Waals surface area contributed by atoms with Crippen molar-refractivity contribution < 1.29 is 9.90 Å². The van der Waals surface area contributed by atoms with E-state index >= 15 is 0 Å². The van der Waals surface area contributed by atoms with Crippen molar-refractivity contribution >= 4 is 11.6 Å². The topological polar surface area (TPSA) is 66.6 Å². The summed E-state index contributed by atoms with van der Waals surface area (Å²) in [5.41, 5.74) is 6.87. The summed E-state index contributed by atoms with van der Waals surface area (Å²) in [6.45, 7) is 0.406. The third kappa shape index (κ3) is 2.58. The largest absolute Gasteiger partial charge is 0.399 e. The van der Waals surface area contributed by atoms with Gasteiger partial charge in [0.05, 0.1) is 6.61 Å². The van der Waals surface area contributed by atoms with Gasteiger partial charge in [-0.2, -0.15) is 0 Å². The molecular weight excluding hydrogens is 216 g/mol. The monoisotopic (exact) mass is 234 g/mol. The van der Waals surface area contributed by atoms with E-state index in [0.717, 1.165) is 19.3 Å². The van der Waals surface area contributed by atoms with E-state index in [-0.39, 0.29) is 18.6 Å². The molecule has 0 atom stereocenters. The molecule has 0 unspecified atom stereocenters. The predicted molar refractivity (Wildman–Crippen MR) is 66.6 cm³/mol. The average Bonchev–Trinajstić information content (AvgIpc) is 2.25. The van der Waals surface area contributed by atoms with Crippen molar-refractivity contribution in [2.24, 2.45) is 0 Å². The summed E-state index contributed by atoms with van der Waals surface area (Å²) >= 11 is 0. The van der Waals surface area contributed by atoms with Gasteiger partial charge in [0, 0.05) is 23.8 Å². The number of carbonyl (C=O) groups is 1. The first kappa shape index (κ1) is 11.9. The van der Waals surface area contributed by atoms with Gasteiger partial charge < -0.3 is 15.7 Å². The number of nitrogens with two attached hydrogens (primary N) is 1. The van der Waals surface area contributed by atoms with Crippen LogP contribution in [-0.2, 0) is 0 Å². The SMILES string of the molecule is Nc1cccc(C(=O)N(CCO)C2CCC2)c1. The molecule has 2 rings (SSSR count). The van der Waals surface area contributed by atoms with E-state index in [1.54, 1.807) is 29.2 Å². The maximum absolute atomic E-state index is 12.3. The Morgan fingerprint density at radius 3 is 2.76 bits per heavy atom. The van der Waals surface area contributed by atoms with Crippen LogP contribution in [0, 0.1) is 0 Å². The molecule has 0 heterocycles. The smallest absolute Gasteiger partial charge is 0.254 e. The minimum absolute atomic E-state index is 0.00452. The Morgan fingerprint density at radius 1 is 1.47 bits per heavy atom. The lowest BCUT2D eigenvalue weighted by molar-refractivity contribution is 0.0526. The van der Waals surface area contributed by atoms with E-state index in [4.69, 9.17) is 10.8 Å². The van der Waals surface area contributed by atoms with Crippen LogP contribution < -0.4 is 5.73 Å². The Bertz CT molecular complexity index is 402. The summed E-state index contributed by atoms with van der Waals surface area (Å²) in [6.07, 6.45) is 3.24. The zero-order valence-electron chi connectivity index (χ0n) is 9.80. The number of aliphatic hydroxyl groups is 1. The molecule has 0 saturated heterocycles. The van der Waals surface area contributed by atoms with Crippen molar-refractivity contribution in [2.75, 3.05) is 18.9 Å². The lowest BCUT2D eigenvalue weighted by atomic mass is 9.91. The third-order valence-electron chi connectivity index (χ3n) is 3.25. The molecule has 1 aromatic rings. The van der Waals surface area contributed by atoms with E-state index < -0.39 is 0 Å². The minimum Gasteiger partial charge on any atom is -0.399 e. The van der Waals surface area contributed by atoms with E-state index in [0.29, 0.717) is 17.8 Å². The lowest BCUT2D eigenvalue weighted by Crippen LogP contribution is -2.45. The van der Waals surface area contributed by atoms with Gasteiger partial charge in [-0.05, 0) is 37.5 Å². The van der Waals surface area contributed by atoms with Crippen LogP contribution in [0.25, 0.3) is 0 Å². The van der Waals surface area contributed by atoms with Crippen LogP contribution in [0.3, 0.4) is 0 Å². The summed E-state index contributed by atoms with van der Waals surface area (Å²) in [5, 5.41) is 9.04. The van der Waals surface area contributed by atoms with Crippen LogP contribution in [0.4, 0.5) is 5.69 Å². The standard InChI is InChI=1S/C13H18N2O2/c14-11-4-1-3-10(9-11)13(17)15(7-8-16)12-5-2-6-12/h1,3-4,9,12,16H,2,5-8,14H2. The molecule has 1 aliphatic carbocycles. The first-order valence-electron chi connectivity index (χ1n) is 5.99. The number of hydrogen-bond donors (Lipinski definition) is 2. The zero-order chi connectivity index (χ0) is 12.3. The Hall–Kier alpha value is -1.55. The highest BCUT2D eigenvalue weighted by molar-refractivity contribution is 5.95. The number of benzene rings is 1. The molecule has 4 nitrogen and oxygen atoms in total. The zero-order valence-corrected chi connectivity index (χ0v) is 9.80. The van der Waals surface area contributed by atoms with Gasteiger partial charge >= 0.3 is 0 Å².